The lowest BCUT2D eigenvalue weighted by Gasteiger charge is -2.18. The van der Waals surface area contributed by atoms with Gasteiger partial charge in [0.1, 0.15) is 23.7 Å². The fourth-order valence-electron chi connectivity index (χ4n) is 4.18. The van der Waals surface area contributed by atoms with Crippen LogP contribution in [0.3, 0.4) is 0 Å². The molecule has 29 heavy (non-hydrogen) atoms. The average Bonchev–Trinajstić information content (AvgIpc) is 3.11. The van der Waals surface area contributed by atoms with Gasteiger partial charge in [-0.1, -0.05) is 18.2 Å². The van der Waals surface area contributed by atoms with E-state index in [0.29, 0.717) is 41.3 Å². The second-order valence-corrected chi connectivity index (χ2v) is 8.42. The molecule has 3 heterocycles. The Balaban J connectivity index is 1.47. The number of phenolic OH excluding ortho intramolecular Hbond substituents is 1. The number of anilines is 1. The van der Waals surface area contributed by atoms with Gasteiger partial charge in [-0.25, -0.2) is 9.97 Å². The maximum absolute atomic E-state index is 13.5. The third-order valence-electron chi connectivity index (χ3n) is 6.15. The molecule has 1 saturated heterocycles. The molecular weight excluding hydrogens is 368 g/mol. The van der Waals surface area contributed by atoms with Crippen LogP contribution in [0.5, 0.6) is 5.75 Å². The van der Waals surface area contributed by atoms with Crippen LogP contribution in [0.4, 0.5) is 5.82 Å². The Hall–Kier alpha value is -3.09. The molecule has 7 heteroatoms. The molecule has 1 saturated carbocycles. The first-order valence-corrected chi connectivity index (χ1v) is 10.0. The number of carbonyl (C=O) groups is 1. The molecule has 2 fully saturated rings. The van der Waals surface area contributed by atoms with Gasteiger partial charge in [-0.05, 0) is 44.7 Å². The molecule has 1 amide bonds. The number of hydrogen-bond donors (Lipinski definition) is 2. The highest BCUT2D eigenvalue weighted by Crippen LogP contribution is 2.41. The third kappa shape index (κ3) is 3.10. The van der Waals surface area contributed by atoms with Gasteiger partial charge < -0.3 is 19.7 Å². The quantitative estimate of drug-likeness (QED) is 0.701. The maximum atomic E-state index is 13.5. The maximum Gasteiger partial charge on any atom is 0.258 e. The predicted octanol–water partition coefficient (Wildman–Crippen LogP) is 3.83. The van der Waals surface area contributed by atoms with Crippen molar-refractivity contribution in [3.05, 3.63) is 47.5 Å². The largest absolute Gasteiger partial charge is 0.508 e. The summed E-state index contributed by atoms with van der Waals surface area (Å²) in [5.74, 6) is 1.55. The molecule has 2 N–H and O–H groups in total. The number of hydrogen-bond acceptors (Lipinski definition) is 6. The van der Waals surface area contributed by atoms with E-state index in [-0.39, 0.29) is 23.1 Å². The molecule has 7 nitrogen and oxygen atoms in total. The summed E-state index contributed by atoms with van der Waals surface area (Å²) in [5, 5.41) is 14.3. The van der Waals surface area contributed by atoms with Gasteiger partial charge in [-0.2, -0.15) is 0 Å². The fraction of sp³-hybridized carbons (Fsp3) is 0.409. The number of fused-ring (bicyclic) bond motifs is 1. The van der Waals surface area contributed by atoms with E-state index in [2.05, 4.69) is 22.2 Å². The summed E-state index contributed by atoms with van der Waals surface area (Å²) in [5.41, 5.74) is 1.88. The third-order valence-corrected chi connectivity index (χ3v) is 6.15. The number of likely N-dealkylation sites (tertiary alicyclic amines) is 1. The number of carbonyl (C=O) groups excluding carboxylic acids is 1. The van der Waals surface area contributed by atoms with Crippen molar-refractivity contribution < 1.29 is 14.3 Å². The van der Waals surface area contributed by atoms with E-state index in [1.807, 2.05) is 23.1 Å². The van der Waals surface area contributed by atoms with Crippen molar-refractivity contribution in [3.63, 3.8) is 0 Å². The standard InChI is InChI=1S/C22H24N4O3/c1-13-17(18-19(25-22(2)8-9-22)23-12-24-20(18)29-13)21(28)26-10-7-14(11-26)15-5-3-4-6-16(15)27/h3-6,12,14,27H,7-11H2,1-2H3,(H,23,24,25). The number of rotatable bonds is 4. The Kier molecular flexibility index (Phi) is 4.01. The highest BCUT2D eigenvalue weighted by molar-refractivity contribution is 6.10. The Labute approximate surface area is 168 Å². The number of aromatic hydroxyl groups is 1. The molecule has 1 atom stereocenters. The molecule has 2 aliphatic rings. The van der Waals surface area contributed by atoms with Crippen molar-refractivity contribution >= 4 is 22.8 Å². The minimum atomic E-state index is -0.0713. The fourth-order valence-corrected chi connectivity index (χ4v) is 4.18. The van der Waals surface area contributed by atoms with Crippen molar-refractivity contribution in [3.8, 4) is 5.75 Å². The summed E-state index contributed by atoms with van der Waals surface area (Å²) in [7, 11) is 0. The van der Waals surface area contributed by atoms with E-state index in [0.717, 1.165) is 24.8 Å². The number of para-hydroxylation sites is 1. The van der Waals surface area contributed by atoms with Gasteiger partial charge in [0.15, 0.2) is 0 Å². The lowest BCUT2D eigenvalue weighted by atomic mass is 9.97. The minimum absolute atomic E-state index is 0.0242. The Morgan fingerprint density at radius 3 is 2.86 bits per heavy atom. The van der Waals surface area contributed by atoms with Gasteiger partial charge in [0.2, 0.25) is 5.71 Å². The van der Waals surface area contributed by atoms with Gasteiger partial charge in [0, 0.05) is 24.5 Å². The first-order valence-electron chi connectivity index (χ1n) is 10.0. The predicted molar refractivity (Wildman–Crippen MR) is 109 cm³/mol. The number of benzene rings is 1. The molecular formula is C22H24N4O3. The molecule has 0 radical (unpaired) electrons. The van der Waals surface area contributed by atoms with E-state index in [1.165, 1.54) is 6.33 Å². The van der Waals surface area contributed by atoms with Gasteiger partial charge in [-0.3, -0.25) is 4.79 Å². The van der Waals surface area contributed by atoms with E-state index in [9.17, 15) is 9.90 Å². The second kappa shape index (κ2) is 6.47. The first kappa shape index (κ1) is 18.0. The lowest BCUT2D eigenvalue weighted by Crippen LogP contribution is -2.29. The second-order valence-electron chi connectivity index (χ2n) is 8.42. The molecule has 150 valence electrons. The van der Waals surface area contributed by atoms with Gasteiger partial charge in [-0.15, -0.1) is 0 Å². The SMILES string of the molecule is Cc1oc2ncnc(NC3(C)CC3)c2c1C(=O)N1CCC(c2ccccc2O)C1. The monoisotopic (exact) mass is 392 g/mol. The molecule has 0 bridgehead atoms. The minimum Gasteiger partial charge on any atom is -0.508 e. The van der Waals surface area contributed by atoms with Crippen molar-refractivity contribution in [1.82, 2.24) is 14.9 Å². The molecule has 1 aliphatic carbocycles. The molecule has 5 rings (SSSR count). The number of phenols is 1. The molecule has 1 unspecified atom stereocenters. The number of nitrogens with one attached hydrogen (secondary N) is 1. The van der Waals surface area contributed by atoms with Crippen LogP contribution in [0, 0.1) is 6.92 Å². The normalized spacial score (nSPS) is 20.2. The summed E-state index contributed by atoms with van der Waals surface area (Å²) in [6.07, 6.45) is 4.44. The summed E-state index contributed by atoms with van der Waals surface area (Å²) < 4.78 is 5.81. The van der Waals surface area contributed by atoms with Crippen LogP contribution in [0.1, 0.15) is 53.8 Å². The number of furan rings is 1. The lowest BCUT2D eigenvalue weighted by molar-refractivity contribution is 0.0790. The van der Waals surface area contributed by atoms with E-state index in [4.69, 9.17) is 4.42 Å². The van der Waals surface area contributed by atoms with Gasteiger partial charge in [0.25, 0.3) is 5.91 Å². The van der Waals surface area contributed by atoms with E-state index in [1.54, 1.807) is 13.0 Å². The van der Waals surface area contributed by atoms with Crippen LogP contribution in [0.2, 0.25) is 0 Å². The number of nitrogens with zero attached hydrogens (tertiary/aromatic N) is 3. The zero-order valence-corrected chi connectivity index (χ0v) is 16.6. The van der Waals surface area contributed by atoms with Crippen LogP contribution in [0.25, 0.3) is 11.1 Å². The number of aromatic nitrogens is 2. The van der Waals surface area contributed by atoms with Crippen molar-refractivity contribution in [2.45, 2.75) is 44.6 Å². The molecule has 2 aromatic heterocycles. The Bertz CT molecular complexity index is 1100. The van der Waals surface area contributed by atoms with Gasteiger partial charge >= 0.3 is 0 Å². The Morgan fingerprint density at radius 2 is 2.10 bits per heavy atom. The van der Waals surface area contributed by atoms with Crippen molar-refractivity contribution in [2.24, 2.45) is 0 Å². The number of amides is 1. The Morgan fingerprint density at radius 1 is 1.31 bits per heavy atom. The molecule has 1 aromatic carbocycles. The van der Waals surface area contributed by atoms with Crippen LogP contribution in [-0.4, -0.2) is 44.5 Å². The highest BCUT2D eigenvalue weighted by Gasteiger charge is 2.39. The first-order chi connectivity index (χ1) is 14.0. The molecule has 3 aromatic rings. The zero-order valence-electron chi connectivity index (χ0n) is 16.6. The summed E-state index contributed by atoms with van der Waals surface area (Å²) in [6, 6.07) is 7.35. The van der Waals surface area contributed by atoms with E-state index < -0.39 is 0 Å². The van der Waals surface area contributed by atoms with Crippen LogP contribution in [-0.2, 0) is 0 Å². The van der Waals surface area contributed by atoms with Crippen LogP contribution < -0.4 is 5.32 Å². The van der Waals surface area contributed by atoms with Gasteiger partial charge in [0.05, 0.1) is 10.9 Å². The van der Waals surface area contributed by atoms with Crippen molar-refractivity contribution in [2.75, 3.05) is 18.4 Å². The van der Waals surface area contributed by atoms with E-state index >= 15 is 0 Å². The molecule has 0 spiro atoms. The van der Waals surface area contributed by atoms with Crippen molar-refractivity contribution in [1.29, 1.82) is 0 Å². The zero-order chi connectivity index (χ0) is 20.2. The smallest absolute Gasteiger partial charge is 0.258 e. The summed E-state index contributed by atoms with van der Waals surface area (Å²) in [4.78, 5) is 23.9. The topological polar surface area (TPSA) is 91.5 Å². The summed E-state index contributed by atoms with van der Waals surface area (Å²) >= 11 is 0. The number of aryl methyl sites for hydroxylation is 1. The average molecular weight is 392 g/mol. The summed E-state index contributed by atoms with van der Waals surface area (Å²) in [6.45, 7) is 5.15. The molecule has 1 aliphatic heterocycles. The van der Waals surface area contributed by atoms with Crippen LogP contribution in [0.15, 0.2) is 35.0 Å². The highest BCUT2D eigenvalue weighted by atomic mass is 16.3. The van der Waals surface area contributed by atoms with Crippen LogP contribution >= 0.6 is 0 Å².